The van der Waals surface area contributed by atoms with Crippen molar-refractivity contribution in [3.8, 4) is 0 Å². The maximum Gasteiger partial charge on any atom is 0.209 e. The lowest BCUT2D eigenvalue weighted by Gasteiger charge is -2.28. The zero-order valence-corrected chi connectivity index (χ0v) is 6.70. The van der Waals surface area contributed by atoms with Gasteiger partial charge in [-0.2, -0.15) is 0 Å². The molecular weight excluding hydrogens is 140 g/mol. The second kappa shape index (κ2) is 2.81. The maximum absolute atomic E-state index is 10.6. The van der Waals surface area contributed by atoms with E-state index in [4.69, 9.17) is 0 Å². The molecular formula is C8H14N2O. The molecule has 3 aliphatic heterocycles. The van der Waals surface area contributed by atoms with E-state index < -0.39 is 0 Å². The van der Waals surface area contributed by atoms with Crippen molar-refractivity contribution in [1.29, 1.82) is 0 Å². The highest BCUT2D eigenvalue weighted by molar-refractivity contribution is 5.48. The lowest BCUT2D eigenvalue weighted by Crippen LogP contribution is -2.36. The number of nitrogens with zero attached hydrogens (tertiary/aromatic N) is 2. The van der Waals surface area contributed by atoms with Crippen LogP contribution in [0.2, 0.25) is 0 Å². The molecule has 0 atom stereocenters. The highest BCUT2D eigenvalue weighted by Crippen LogP contribution is 2.18. The molecule has 3 nitrogen and oxygen atoms in total. The number of hydrogen-bond donors (Lipinski definition) is 0. The molecule has 3 heterocycles. The summed E-state index contributed by atoms with van der Waals surface area (Å²) in [6.07, 6.45) is 3.37. The Morgan fingerprint density at radius 2 is 1.82 bits per heavy atom. The van der Waals surface area contributed by atoms with Crippen molar-refractivity contribution >= 4 is 6.41 Å². The number of rotatable bonds is 1. The fourth-order valence-electron chi connectivity index (χ4n) is 2.05. The Labute approximate surface area is 67.0 Å². The molecule has 3 rings (SSSR count). The summed E-state index contributed by atoms with van der Waals surface area (Å²) < 4.78 is 0. The van der Waals surface area contributed by atoms with E-state index in [2.05, 4.69) is 4.90 Å². The molecule has 3 saturated heterocycles. The first-order valence-corrected chi connectivity index (χ1v) is 4.33. The molecule has 0 aromatic carbocycles. The maximum atomic E-state index is 10.6. The van der Waals surface area contributed by atoms with Gasteiger partial charge in [-0.3, -0.25) is 4.79 Å². The molecule has 2 bridgehead atoms. The zero-order chi connectivity index (χ0) is 7.68. The first kappa shape index (κ1) is 7.10. The minimum Gasteiger partial charge on any atom is -0.341 e. The van der Waals surface area contributed by atoms with Gasteiger partial charge in [-0.05, 0) is 12.8 Å². The van der Waals surface area contributed by atoms with Crippen LogP contribution in [0, 0.1) is 0 Å². The molecule has 0 radical (unpaired) electrons. The third kappa shape index (κ3) is 1.25. The Morgan fingerprint density at radius 3 is 2.45 bits per heavy atom. The molecule has 0 spiro atoms. The van der Waals surface area contributed by atoms with Crippen LogP contribution in [0.4, 0.5) is 0 Å². The van der Waals surface area contributed by atoms with Gasteiger partial charge in [-0.1, -0.05) is 0 Å². The predicted octanol–water partition coefficient (Wildman–Crippen LogP) is -0.0772. The topological polar surface area (TPSA) is 23.6 Å². The molecule has 1 amide bonds. The van der Waals surface area contributed by atoms with Gasteiger partial charge in [0.25, 0.3) is 0 Å². The lowest BCUT2D eigenvalue weighted by atomic mass is 10.1. The second-order valence-corrected chi connectivity index (χ2v) is 3.42. The monoisotopic (exact) mass is 154 g/mol. The zero-order valence-electron chi connectivity index (χ0n) is 6.70. The number of amides is 1. The van der Waals surface area contributed by atoms with E-state index in [9.17, 15) is 4.79 Å². The number of hydrogen-bond acceptors (Lipinski definition) is 2. The summed E-state index contributed by atoms with van der Waals surface area (Å²) in [6.45, 7) is 4.40. The molecule has 3 aliphatic rings. The van der Waals surface area contributed by atoms with E-state index in [-0.39, 0.29) is 0 Å². The van der Waals surface area contributed by atoms with Crippen LogP contribution in [0.5, 0.6) is 0 Å². The molecule has 11 heavy (non-hydrogen) atoms. The third-order valence-corrected chi connectivity index (χ3v) is 2.84. The van der Waals surface area contributed by atoms with E-state index >= 15 is 0 Å². The van der Waals surface area contributed by atoms with Crippen LogP contribution < -0.4 is 0 Å². The van der Waals surface area contributed by atoms with Crippen molar-refractivity contribution < 1.29 is 4.79 Å². The molecule has 0 aliphatic carbocycles. The first-order chi connectivity index (χ1) is 5.40. The van der Waals surface area contributed by atoms with Gasteiger partial charge < -0.3 is 9.80 Å². The summed E-state index contributed by atoms with van der Waals surface area (Å²) in [6, 6.07) is 0.547. The van der Waals surface area contributed by atoms with E-state index in [1.54, 1.807) is 0 Å². The Hall–Kier alpha value is -0.570. The van der Waals surface area contributed by atoms with Gasteiger partial charge in [0, 0.05) is 32.2 Å². The average molecular weight is 154 g/mol. The van der Waals surface area contributed by atoms with Crippen LogP contribution in [0.15, 0.2) is 0 Å². The first-order valence-electron chi connectivity index (χ1n) is 4.33. The SMILES string of the molecule is O=CN1CCN2CCC1CC2. The van der Waals surface area contributed by atoms with Gasteiger partial charge in [0.2, 0.25) is 6.41 Å². The minimum atomic E-state index is 0.547. The summed E-state index contributed by atoms with van der Waals surface area (Å²) in [5.41, 5.74) is 0. The van der Waals surface area contributed by atoms with Crippen molar-refractivity contribution in [1.82, 2.24) is 9.80 Å². The standard InChI is InChI=1S/C8H14N2O/c11-7-10-6-5-9-3-1-8(10)2-4-9/h7-8H,1-6H2. The van der Waals surface area contributed by atoms with Gasteiger partial charge >= 0.3 is 0 Å². The fourth-order valence-corrected chi connectivity index (χ4v) is 2.05. The van der Waals surface area contributed by atoms with Gasteiger partial charge in [-0.25, -0.2) is 0 Å². The molecule has 0 aromatic rings. The summed E-state index contributed by atoms with van der Waals surface area (Å²) in [4.78, 5) is 15.0. The number of fused-ring (bicyclic) bond motifs is 4. The second-order valence-electron chi connectivity index (χ2n) is 3.42. The number of piperidine rings is 1. The number of carbonyl (C=O) groups is 1. The van der Waals surface area contributed by atoms with Gasteiger partial charge in [0.05, 0.1) is 0 Å². The molecule has 0 N–H and O–H groups in total. The summed E-state index contributed by atoms with van der Waals surface area (Å²) in [5.74, 6) is 0. The van der Waals surface area contributed by atoms with E-state index in [0.717, 1.165) is 19.5 Å². The fraction of sp³-hybridized carbons (Fsp3) is 0.875. The highest BCUT2D eigenvalue weighted by atomic mass is 16.1. The molecule has 62 valence electrons. The normalized spacial score (nSPS) is 36.9. The molecule has 0 aromatic heterocycles. The Kier molecular flexibility index (Phi) is 1.82. The van der Waals surface area contributed by atoms with Crippen molar-refractivity contribution in [3.05, 3.63) is 0 Å². The Bertz CT molecular complexity index is 152. The smallest absolute Gasteiger partial charge is 0.209 e. The van der Waals surface area contributed by atoms with E-state index in [0.29, 0.717) is 6.04 Å². The quantitative estimate of drug-likeness (QED) is 0.493. The van der Waals surface area contributed by atoms with Gasteiger partial charge in [0.1, 0.15) is 0 Å². The summed E-state index contributed by atoms with van der Waals surface area (Å²) in [5, 5.41) is 0. The molecule has 0 unspecified atom stereocenters. The van der Waals surface area contributed by atoms with Crippen molar-refractivity contribution in [2.24, 2.45) is 0 Å². The van der Waals surface area contributed by atoms with Crippen LogP contribution in [0.25, 0.3) is 0 Å². The van der Waals surface area contributed by atoms with Crippen molar-refractivity contribution in [2.75, 3.05) is 26.2 Å². The van der Waals surface area contributed by atoms with Crippen LogP contribution in [-0.2, 0) is 4.79 Å². The minimum absolute atomic E-state index is 0.547. The predicted molar refractivity (Wildman–Crippen MR) is 42.2 cm³/mol. The molecule has 0 saturated carbocycles. The van der Waals surface area contributed by atoms with Crippen molar-refractivity contribution in [2.45, 2.75) is 18.9 Å². The Morgan fingerprint density at radius 1 is 1.09 bits per heavy atom. The van der Waals surface area contributed by atoms with E-state index in [1.165, 1.54) is 25.9 Å². The van der Waals surface area contributed by atoms with Crippen LogP contribution in [-0.4, -0.2) is 48.4 Å². The number of carbonyl (C=O) groups excluding carboxylic acids is 1. The van der Waals surface area contributed by atoms with Crippen LogP contribution in [0.3, 0.4) is 0 Å². The van der Waals surface area contributed by atoms with Gasteiger partial charge in [-0.15, -0.1) is 0 Å². The molecule has 3 heteroatoms. The van der Waals surface area contributed by atoms with Crippen molar-refractivity contribution in [3.63, 3.8) is 0 Å². The van der Waals surface area contributed by atoms with Crippen LogP contribution >= 0.6 is 0 Å². The Balaban J connectivity index is 2.08. The van der Waals surface area contributed by atoms with Crippen LogP contribution in [0.1, 0.15) is 12.8 Å². The summed E-state index contributed by atoms with van der Waals surface area (Å²) >= 11 is 0. The van der Waals surface area contributed by atoms with E-state index in [1.807, 2.05) is 4.90 Å². The highest BCUT2D eigenvalue weighted by Gasteiger charge is 2.27. The summed E-state index contributed by atoms with van der Waals surface area (Å²) in [7, 11) is 0. The third-order valence-electron chi connectivity index (χ3n) is 2.84. The largest absolute Gasteiger partial charge is 0.341 e. The molecule has 3 fully saturated rings. The lowest BCUT2D eigenvalue weighted by molar-refractivity contribution is -0.119. The average Bonchev–Trinajstić information content (AvgIpc) is 2.36. The van der Waals surface area contributed by atoms with Gasteiger partial charge in [0.15, 0.2) is 0 Å².